The summed E-state index contributed by atoms with van der Waals surface area (Å²) in [5.74, 6) is -1.71. The highest BCUT2D eigenvalue weighted by atomic mass is 16.6. The molecule has 2 amide bonds. The van der Waals surface area contributed by atoms with E-state index >= 15 is 0 Å². The smallest absolute Gasteiger partial charge is 0.404 e. The van der Waals surface area contributed by atoms with Crippen molar-refractivity contribution in [3.05, 3.63) is 105 Å². The van der Waals surface area contributed by atoms with Crippen LogP contribution >= 0.6 is 0 Å². The molecule has 3 saturated heterocycles. The van der Waals surface area contributed by atoms with Gasteiger partial charge in [0.05, 0.1) is 31.1 Å². The van der Waals surface area contributed by atoms with Crippen molar-refractivity contribution in [2.45, 2.75) is 44.6 Å². The highest BCUT2D eigenvalue weighted by Gasteiger charge is 2.63. The summed E-state index contributed by atoms with van der Waals surface area (Å²) in [4.78, 5) is 43.9. The molecule has 5 unspecified atom stereocenters. The Labute approximate surface area is 249 Å². The fourth-order valence-electron chi connectivity index (χ4n) is 7.69. The average Bonchev–Trinajstić information content (AvgIpc) is 3.77. The fraction of sp³-hybridized carbons (Fsp3) is 0.394. The van der Waals surface area contributed by atoms with E-state index in [-0.39, 0.29) is 42.8 Å². The maximum Gasteiger partial charge on any atom is 0.433 e. The first-order valence-corrected chi connectivity index (χ1v) is 14.9. The van der Waals surface area contributed by atoms with Gasteiger partial charge in [-0.05, 0) is 59.8 Å². The van der Waals surface area contributed by atoms with E-state index in [0.29, 0.717) is 5.76 Å². The number of carbonyl (C=O) groups excluding carboxylic acids is 2. The first-order valence-electron chi connectivity index (χ1n) is 14.9. The van der Waals surface area contributed by atoms with E-state index in [9.17, 15) is 24.8 Å². The van der Waals surface area contributed by atoms with Gasteiger partial charge in [-0.25, -0.2) is 0 Å². The molecule has 1 N–H and O–H groups in total. The summed E-state index contributed by atoms with van der Waals surface area (Å²) >= 11 is 0. The van der Waals surface area contributed by atoms with Gasteiger partial charge in [-0.15, -0.1) is 0 Å². The van der Waals surface area contributed by atoms with E-state index in [4.69, 9.17) is 4.42 Å². The van der Waals surface area contributed by atoms with Crippen molar-refractivity contribution in [3.8, 4) is 0 Å². The number of aliphatic hydroxyl groups excluding tert-OH is 1. The molecular formula is C33H34N4O6. The Morgan fingerprint density at radius 3 is 2.21 bits per heavy atom. The van der Waals surface area contributed by atoms with Gasteiger partial charge in [0, 0.05) is 31.6 Å². The minimum Gasteiger partial charge on any atom is -0.404 e. The van der Waals surface area contributed by atoms with Crippen LogP contribution < -0.4 is 0 Å². The zero-order chi connectivity index (χ0) is 29.8. The van der Waals surface area contributed by atoms with Crippen molar-refractivity contribution in [3.63, 3.8) is 0 Å². The van der Waals surface area contributed by atoms with Crippen molar-refractivity contribution < 1.29 is 24.0 Å². The molecule has 0 radical (unpaired) electrons. The van der Waals surface area contributed by atoms with Crippen molar-refractivity contribution in [1.29, 1.82) is 0 Å². The van der Waals surface area contributed by atoms with Crippen molar-refractivity contribution in [1.82, 2.24) is 14.7 Å². The Kier molecular flexibility index (Phi) is 6.99. The van der Waals surface area contributed by atoms with E-state index in [1.165, 1.54) is 29.4 Å². The predicted octanol–water partition coefficient (Wildman–Crippen LogP) is 4.15. The second kappa shape index (κ2) is 10.9. The first-order chi connectivity index (χ1) is 20.8. The summed E-state index contributed by atoms with van der Waals surface area (Å²) in [6.45, 7) is 3.28. The van der Waals surface area contributed by atoms with Gasteiger partial charge in [0.25, 0.3) is 0 Å². The van der Waals surface area contributed by atoms with E-state index in [0.717, 1.165) is 41.9 Å². The van der Waals surface area contributed by atoms with Crippen LogP contribution in [0.1, 0.15) is 46.9 Å². The van der Waals surface area contributed by atoms with Gasteiger partial charge < -0.3 is 9.52 Å². The summed E-state index contributed by atoms with van der Waals surface area (Å²) in [6.07, 6.45) is 4.54. The van der Waals surface area contributed by atoms with Gasteiger partial charge in [-0.1, -0.05) is 54.6 Å². The molecule has 43 heavy (non-hydrogen) atoms. The lowest BCUT2D eigenvalue weighted by Crippen LogP contribution is -2.58. The van der Waals surface area contributed by atoms with E-state index in [2.05, 4.69) is 40.1 Å². The molecule has 10 heteroatoms. The summed E-state index contributed by atoms with van der Waals surface area (Å²) in [6, 6.07) is 18.5. The Balaban J connectivity index is 1.33. The zero-order valence-electron chi connectivity index (χ0n) is 24.0. The monoisotopic (exact) mass is 582 g/mol. The number of furan rings is 1. The normalized spacial score (nSPS) is 27.2. The molecule has 2 bridgehead atoms. The maximum atomic E-state index is 13.7. The number of hydrogen-bond donors (Lipinski definition) is 1. The number of benzene rings is 2. The Hall–Kier alpha value is -4.12. The van der Waals surface area contributed by atoms with Crippen molar-refractivity contribution in [2.75, 3.05) is 20.1 Å². The summed E-state index contributed by atoms with van der Waals surface area (Å²) in [5.41, 5.74) is 4.98. The molecule has 8 rings (SSSR count). The highest BCUT2D eigenvalue weighted by Crippen LogP contribution is 2.58. The van der Waals surface area contributed by atoms with Crippen LogP contribution in [-0.4, -0.2) is 62.7 Å². The number of likely N-dealkylation sites (tertiary alicyclic amines) is 2. The standard InChI is InChI=1S/C33H34N4O6/c1-34-32(39)29-26-16-25(22-8-6-21(19-38)7-9-22)28(30(29)33(34)40)31(36(26)18-24-12-13-27(43-24)37(41)42)23-10-4-20(5-11-23)17-35-14-2-3-15-35/h4-13,16,26,28-31,38H,2-3,14-15,17-19H2,1H3. The third-order valence-corrected chi connectivity index (χ3v) is 9.72. The van der Waals surface area contributed by atoms with E-state index < -0.39 is 22.8 Å². The van der Waals surface area contributed by atoms with Crippen LogP contribution in [0.25, 0.3) is 5.57 Å². The molecule has 1 aliphatic carbocycles. The van der Waals surface area contributed by atoms with Crippen LogP contribution in [0.4, 0.5) is 5.88 Å². The van der Waals surface area contributed by atoms with Gasteiger partial charge in [0.2, 0.25) is 11.8 Å². The van der Waals surface area contributed by atoms with Crippen molar-refractivity contribution in [2.24, 2.45) is 17.8 Å². The van der Waals surface area contributed by atoms with Gasteiger partial charge >= 0.3 is 5.88 Å². The first kappa shape index (κ1) is 27.7. The quantitative estimate of drug-likeness (QED) is 0.239. The lowest BCUT2D eigenvalue weighted by atomic mass is 9.60. The van der Waals surface area contributed by atoms with Gasteiger partial charge in [0.1, 0.15) is 10.7 Å². The number of imide groups is 1. The Morgan fingerprint density at radius 2 is 1.56 bits per heavy atom. The third kappa shape index (κ3) is 4.70. The molecular weight excluding hydrogens is 548 g/mol. The number of piperidine rings is 1. The molecule has 5 heterocycles. The molecule has 1 aromatic heterocycles. The Morgan fingerprint density at radius 1 is 0.884 bits per heavy atom. The summed E-state index contributed by atoms with van der Waals surface area (Å²) < 4.78 is 5.60. The second-order valence-corrected chi connectivity index (χ2v) is 12.1. The molecule has 4 aliphatic heterocycles. The number of nitro groups is 1. The Bertz CT molecular complexity index is 1590. The number of aliphatic hydroxyl groups is 1. The SMILES string of the molecule is CN1C(=O)C2C(C1=O)C1C=C(c3ccc(CO)cc3)C2C(c2ccc(CN3CCCC3)cc2)N1Cc1ccc([N+](=O)[O-])o1. The fourth-order valence-corrected chi connectivity index (χ4v) is 7.69. The topological polar surface area (TPSA) is 120 Å². The zero-order valence-corrected chi connectivity index (χ0v) is 24.0. The molecule has 2 aromatic carbocycles. The summed E-state index contributed by atoms with van der Waals surface area (Å²) in [7, 11) is 1.56. The molecule has 0 saturated carbocycles. The molecule has 0 spiro atoms. The molecule has 3 aromatic rings. The van der Waals surface area contributed by atoms with Crippen LogP contribution in [0, 0.1) is 27.9 Å². The molecule has 5 aliphatic rings. The largest absolute Gasteiger partial charge is 0.433 e. The molecule has 3 fully saturated rings. The lowest BCUT2D eigenvalue weighted by molar-refractivity contribution is -0.402. The number of rotatable bonds is 8. The van der Waals surface area contributed by atoms with Crippen LogP contribution in [-0.2, 0) is 29.3 Å². The number of carbonyl (C=O) groups is 2. The predicted molar refractivity (Wildman–Crippen MR) is 157 cm³/mol. The van der Waals surface area contributed by atoms with Gasteiger partial charge in [0.15, 0.2) is 0 Å². The molecule has 10 nitrogen and oxygen atoms in total. The van der Waals surface area contributed by atoms with Crippen molar-refractivity contribution >= 4 is 23.3 Å². The highest BCUT2D eigenvalue weighted by molar-refractivity contribution is 6.07. The number of nitrogens with zero attached hydrogens (tertiary/aromatic N) is 4. The summed E-state index contributed by atoms with van der Waals surface area (Å²) in [5, 5.41) is 21.0. The number of hydrogen-bond acceptors (Lipinski definition) is 8. The minimum atomic E-state index is -0.557. The maximum absolute atomic E-state index is 13.7. The minimum absolute atomic E-state index is 0.0661. The van der Waals surface area contributed by atoms with E-state index in [1.807, 2.05) is 24.3 Å². The van der Waals surface area contributed by atoms with Crippen LogP contribution in [0.3, 0.4) is 0 Å². The van der Waals surface area contributed by atoms with Gasteiger partial charge in [-0.3, -0.25) is 34.4 Å². The van der Waals surface area contributed by atoms with Crippen LogP contribution in [0.15, 0.2) is 71.2 Å². The molecule has 5 atom stereocenters. The van der Waals surface area contributed by atoms with E-state index in [1.54, 1.807) is 13.1 Å². The lowest BCUT2D eigenvalue weighted by Gasteiger charge is -2.54. The van der Waals surface area contributed by atoms with Crippen LogP contribution in [0.2, 0.25) is 0 Å². The van der Waals surface area contributed by atoms with Crippen LogP contribution in [0.5, 0.6) is 0 Å². The average molecular weight is 583 g/mol. The number of amides is 2. The molecule has 222 valence electrons. The third-order valence-electron chi connectivity index (χ3n) is 9.72. The van der Waals surface area contributed by atoms with Gasteiger partial charge in [-0.2, -0.15) is 0 Å². The second-order valence-electron chi connectivity index (χ2n) is 12.1. The number of fused-ring (bicyclic) bond motifs is 1.